The Morgan fingerprint density at radius 3 is 1.94 bits per heavy atom. The molecule has 36 heavy (non-hydrogen) atoms. The third-order valence-corrected chi connectivity index (χ3v) is 6.64. The minimum absolute atomic E-state index is 0.0488. The third kappa shape index (κ3) is 5.33. The van der Waals surface area contributed by atoms with Gasteiger partial charge in [0.2, 0.25) is 0 Å². The number of nitrogens with one attached hydrogen (secondary N) is 1. The van der Waals surface area contributed by atoms with Crippen molar-refractivity contribution < 1.29 is 0 Å². The first-order valence-corrected chi connectivity index (χ1v) is 12.6. The van der Waals surface area contributed by atoms with E-state index >= 15 is 0 Å². The van der Waals surface area contributed by atoms with Crippen molar-refractivity contribution in [3.05, 3.63) is 142 Å². The fourth-order valence-electron chi connectivity index (χ4n) is 4.28. The van der Waals surface area contributed by atoms with Crippen LogP contribution in [0.4, 0.5) is 5.69 Å². The highest BCUT2D eigenvalue weighted by molar-refractivity contribution is 6.30. The zero-order valence-corrected chi connectivity index (χ0v) is 21.6. The molecule has 1 N–H and O–H groups in total. The summed E-state index contributed by atoms with van der Waals surface area (Å²) in [6.07, 6.45) is 2.28. The average molecular weight is 489 g/mol. The van der Waals surface area contributed by atoms with Crippen LogP contribution in [0.15, 0.2) is 109 Å². The van der Waals surface area contributed by atoms with Gasteiger partial charge in [-0.3, -0.25) is 10.4 Å². The molecule has 0 amide bonds. The monoisotopic (exact) mass is 488 g/mol. The molecule has 0 spiro atoms. The Bertz CT molecular complexity index is 1420. The second kappa shape index (κ2) is 9.97. The van der Waals surface area contributed by atoms with Crippen molar-refractivity contribution in [2.45, 2.75) is 32.2 Å². The minimum atomic E-state index is 0.0488. The minimum Gasteiger partial charge on any atom is -0.297 e. The maximum Gasteiger partial charge on any atom is 0.0958 e. The Hall–Kier alpha value is -3.93. The van der Waals surface area contributed by atoms with Crippen LogP contribution < -0.4 is 10.4 Å². The highest BCUT2D eigenvalue weighted by Crippen LogP contribution is 2.36. The summed E-state index contributed by atoms with van der Waals surface area (Å²) in [4.78, 5) is 0. The van der Waals surface area contributed by atoms with E-state index < -0.39 is 0 Å². The summed E-state index contributed by atoms with van der Waals surface area (Å²) < 4.78 is 0. The zero-order valence-electron chi connectivity index (χ0n) is 20.8. The molecule has 0 radical (unpaired) electrons. The molecule has 1 aliphatic heterocycles. The van der Waals surface area contributed by atoms with E-state index in [1.54, 1.807) is 0 Å². The molecule has 0 bridgehead atoms. The summed E-state index contributed by atoms with van der Waals surface area (Å²) in [6, 6.07) is 35.4. The molecule has 178 valence electrons. The number of anilines is 1. The molecular weight excluding hydrogens is 460 g/mol. The first-order valence-electron chi connectivity index (χ1n) is 12.2. The van der Waals surface area contributed by atoms with Gasteiger partial charge in [-0.05, 0) is 76.7 Å². The van der Waals surface area contributed by atoms with Crippen LogP contribution in [0.3, 0.4) is 0 Å². The summed E-state index contributed by atoms with van der Waals surface area (Å²) in [6.45, 7) is 6.72. The zero-order chi connectivity index (χ0) is 25.1. The van der Waals surface area contributed by atoms with Crippen molar-refractivity contribution in [2.75, 3.05) is 5.01 Å². The second-order valence-electron chi connectivity index (χ2n) is 10.0. The molecule has 5 rings (SSSR count). The number of benzene rings is 4. The smallest absolute Gasteiger partial charge is 0.0958 e. The maximum absolute atomic E-state index is 6.17. The lowest BCUT2D eigenvalue weighted by Crippen LogP contribution is -2.34. The third-order valence-electron chi connectivity index (χ3n) is 6.39. The normalized spacial score (nSPS) is 15.1. The summed E-state index contributed by atoms with van der Waals surface area (Å²) in [5.74, 6) is 6.49. The lowest BCUT2D eigenvalue weighted by Gasteiger charge is -2.28. The van der Waals surface area contributed by atoms with E-state index in [2.05, 4.69) is 97.7 Å². The lowest BCUT2D eigenvalue weighted by molar-refractivity contribution is 0.589. The summed E-state index contributed by atoms with van der Waals surface area (Å²) in [5, 5.41) is 2.92. The van der Waals surface area contributed by atoms with Gasteiger partial charge in [-0.2, -0.15) is 0 Å². The van der Waals surface area contributed by atoms with E-state index in [9.17, 15) is 0 Å². The molecular formula is C33H29ClN2. The first kappa shape index (κ1) is 23.8. The Morgan fingerprint density at radius 1 is 0.722 bits per heavy atom. The van der Waals surface area contributed by atoms with Gasteiger partial charge < -0.3 is 0 Å². The van der Waals surface area contributed by atoms with E-state index in [1.165, 1.54) is 11.1 Å². The van der Waals surface area contributed by atoms with Gasteiger partial charge in [-0.15, -0.1) is 0 Å². The summed E-state index contributed by atoms with van der Waals surface area (Å²) >= 11 is 6.17. The van der Waals surface area contributed by atoms with Gasteiger partial charge in [-0.25, -0.2) is 0 Å². The molecule has 3 heteroatoms. The van der Waals surface area contributed by atoms with E-state index in [0.29, 0.717) is 0 Å². The van der Waals surface area contributed by atoms with Crippen molar-refractivity contribution >= 4 is 23.0 Å². The van der Waals surface area contributed by atoms with Crippen molar-refractivity contribution in [1.29, 1.82) is 0 Å². The van der Waals surface area contributed by atoms with E-state index in [4.69, 9.17) is 11.6 Å². The number of halogens is 1. The Morgan fingerprint density at radius 2 is 1.33 bits per heavy atom. The summed E-state index contributed by atoms with van der Waals surface area (Å²) in [7, 11) is 0. The SMILES string of the molecule is CC(C)(C)c1ccc(C2C=C(c3ccc(C#Cc4ccccc4)cc3)NN2c2ccc(Cl)cc2)cc1. The molecule has 0 aromatic heterocycles. The van der Waals surface area contributed by atoms with Crippen LogP contribution in [-0.2, 0) is 5.41 Å². The molecule has 1 unspecified atom stereocenters. The van der Waals surface area contributed by atoms with Gasteiger partial charge in [0.05, 0.1) is 17.4 Å². The number of rotatable bonds is 3. The Labute approximate surface area is 219 Å². The predicted octanol–water partition coefficient (Wildman–Crippen LogP) is 8.14. The molecule has 2 nitrogen and oxygen atoms in total. The average Bonchev–Trinajstić information content (AvgIpc) is 3.34. The van der Waals surface area contributed by atoms with Gasteiger partial charge in [0.1, 0.15) is 0 Å². The molecule has 0 aliphatic carbocycles. The Balaban J connectivity index is 1.44. The van der Waals surface area contributed by atoms with Crippen molar-refractivity contribution in [3.63, 3.8) is 0 Å². The quantitative estimate of drug-likeness (QED) is 0.293. The topological polar surface area (TPSA) is 15.3 Å². The summed E-state index contributed by atoms with van der Waals surface area (Å²) in [5.41, 5.74) is 11.5. The van der Waals surface area contributed by atoms with Crippen LogP contribution in [0.25, 0.3) is 5.70 Å². The molecule has 1 aliphatic rings. The second-order valence-corrected chi connectivity index (χ2v) is 10.5. The molecule has 0 fully saturated rings. The van der Waals surface area contributed by atoms with Crippen molar-refractivity contribution in [2.24, 2.45) is 0 Å². The maximum atomic E-state index is 6.17. The standard InChI is InChI=1S/C33H29ClN2/c1-33(2,3)28-17-15-27(16-18-28)32-23-31(35-36(32)30-21-19-29(34)20-22-30)26-13-11-25(12-14-26)10-9-24-7-5-4-6-8-24/h4-8,11-23,32,35H,1-3H3. The fraction of sp³-hybridized carbons (Fsp3) is 0.152. The number of hydrogen-bond donors (Lipinski definition) is 1. The van der Waals surface area contributed by atoms with Crippen LogP contribution in [0.5, 0.6) is 0 Å². The number of hydrazine groups is 1. The number of hydrogen-bond acceptors (Lipinski definition) is 2. The molecule has 0 saturated heterocycles. The van der Waals surface area contributed by atoms with Gasteiger partial charge in [-0.1, -0.05) is 98.8 Å². The van der Waals surface area contributed by atoms with E-state index in [0.717, 1.165) is 33.1 Å². The fourth-order valence-corrected chi connectivity index (χ4v) is 4.41. The highest BCUT2D eigenvalue weighted by Gasteiger charge is 2.27. The molecule has 4 aromatic rings. The van der Waals surface area contributed by atoms with Gasteiger partial charge >= 0.3 is 0 Å². The van der Waals surface area contributed by atoms with E-state index in [1.807, 2.05) is 54.6 Å². The molecule has 0 saturated carbocycles. The Kier molecular flexibility index (Phi) is 6.59. The van der Waals surface area contributed by atoms with Crippen LogP contribution in [0, 0.1) is 11.8 Å². The highest BCUT2D eigenvalue weighted by atomic mass is 35.5. The largest absolute Gasteiger partial charge is 0.297 e. The molecule has 4 aromatic carbocycles. The van der Waals surface area contributed by atoms with Gasteiger partial charge in [0, 0.05) is 16.1 Å². The lowest BCUT2D eigenvalue weighted by atomic mass is 9.86. The molecule has 1 atom stereocenters. The van der Waals surface area contributed by atoms with Gasteiger partial charge in [0.25, 0.3) is 0 Å². The van der Waals surface area contributed by atoms with Gasteiger partial charge in [0.15, 0.2) is 0 Å². The van der Waals surface area contributed by atoms with Crippen molar-refractivity contribution in [1.82, 2.24) is 5.43 Å². The van der Waals surface area contributed by atoms with Crippen LogP contribution in [0.2, 0.25) is 5.02 Å². The number of nitrogens with zero attached hydrogens (tertiary/aromatic N) is 1. The first-order chi connectivity index (χ1) is 17.4. The van der Waals surface area contributed by atoms with Crippen LogP contribution in [0.1, 0.15) is 54.6 Å². The van der Waals surface area contributed by atoms with Crippen molar-refractivity contribution in [3.8, 4) is 11.8 Å². The predicted molar refractivity (Wildman–Crippen MR) is 152 cm³/mol. The van der Waals surface area contributed by atoms with E-state index in [-0.39, 0.29) is 11.5 Å². The van der Waals surface area contributed by atoms with Crippen LogP contribution >= 0.6 is 11.6 Å². The molecule has 1 heterocycles. The van der Waals surface area contributed by atoms with Crippen LogP contribution in [-0.4, -0.2) is 0 Å².